The lowest BCUT2D eigenvalue weighted by Gasteiger charge is -2.40. The third-order valence-corrected chi connectivity index (χ3v) is 5.11. The van der Waals surface area contributed by atoms with Crippen LogP contribution in [0.1, 0.15) is 29.8 Å². The van der Waals surface area contributed by atoms with E-state index in [1.165, 1.54) is 0 Å². The molecule has 3 heterocycles. The van der Waals surface area contributed by atoms with Gasteiger partial charge in [-0.1, -0.05) is 24.3 Å². The van der Waals surface area contributed by atoms with Gasteiger partial charge in [0.1, 0.15) is 5.82 Å². The van der Waals surface area contributed by atoms with E-state index in [2.05, 4.69) is 29.1 Å². The van der Waals surface area contributed by atoms with E-state index in [1.807, 2.05) is 35.2 Å². The number of fused-ring (bicyclic) bond motifs is 2. The molecule has 1 N–H and O–H groups in total. The quantitative estimate of drug-likeness (QED) is 0.878. The summed E-state index contributed by atoms with van der Waals surface area (Å²) in [6, 6.07) is 8.14. The SMILES string of the molecule is CN1CCC(C2(O)c3ccccc3C=Cn3ccnc32)CC1. The van der Waals surface area contributed by atoms with Gasteiger partial charge in [0.05, 0.1) is 0 Å². The molecule has 0 aliphatic carbocycles. The minimum absolute atomic E-state index is 0.186. The summed E-state index contributed by atoms with van der Waals surface area (Å²) in [5.74, 6) is 0.925. The van der Waals surface area contributed by atoms with Crippen molar-refractivity contribution >= 4 is 12.3 Å². The number of benzene rings is 1. The summed E-state index contributed by atoms with van der Waals surface area (Å²) in [6.45, 7) is 2.03. The summed E-state index contributed by atoms with van der Waals surface area (Å²) >= 11 is 0. The maximum absolute atomic E-state index is 11.8. The molecule has 1 fully saturated rings. The largest absolute Gasteiger partial charge is 0.377 e. The second kappa shape index (κ2) is 5.07. The first-order valence-corrected chi connectivity index (χ1v) is 7.91. The zero-order chi connectivity index (χ0) is 15.2. The molecule has 0 spiro atoms. The van der Waals surface area contributed by atoms with Crippen LogP contribution in [0.5, 0.6) is 0 Å². The van der Waals surface area contributed by atoms with Gasteiger partial charge in [-0.25, -0.2) is 4.98 Å². The highest BCUT2D eigenvalue weighted by Gasteiger charge is 2.45. The van der Waals surface area contributed by atoms with Crippen LogP contribution in [0.4, 0.5) is 0 Å². The molecule has 1 saturated heterocycles. The summed E-state index contributed by atoms with van der Waals surface area (Å²) in [5.41, 5.74) is 1.03. The number of likely N-dealkylation sites (tertiary alicyclic amines) is 1. The fourth-order valence-electron chi connectivity index (χ4n) is 3.83. The number of aromatic nitrogens is 2. The lowest BCUT2D eigenvalue weighted by molar-refractivity contribution is -0.0185. The van der Waals surface area contributed by atoms with Gasteiger partial charge in [0.15, 0.2) is 5.60 Å². The van der Waals surface area contributed by atoms with Gasteiger partial charge < -0.3 is 14.6 Å². The van der Waals surface area contributed by atoms with Gasteiger partial charge in [-0.3, -0.25) is 0 Å². The van der Waals surface area contributed by atoms with Crippen LogP contribution < -0.4 is 0 Å². The van der Waals surface area contributed by atoms with E-state index in [4.69, 9.17) is 0 Å². The van der Waals surface area contributed by atoms with Crippen LogP contribution in [0.3, 0.4) is 0 Å². The molecule has 4 nitrogen and oxygen atoms in total. The smallest absolute Gasteiger partial charge is 0.151 e. The third-order valence-electron chi connectivity index (χ3n) is 5.11. The van der Waals surface area contributed by atoms with Crippen molar-refractivity contribution < 1.29 is 5.11 Å². The van der Waals surface area contributed by atoms with Crippen molar-refractivity contribution in [2.75, 3.05) is 20.1 Å². The Labute approximate surface area is 130 Å². The Kier molecular flexibility index (Phi) is 3.17. The highest BCUT2D eigenvalue weighted by molar-refractivity contribution is 5.67. The van der Waals surface area contributed by atoms with Crippen molar-refractivity contribution in [3.05, 3.63) is 53.6 Å². The Hall–Kier alpha value is -1.91. The zero-order valence-corrected chi connectivity index (χ0v) is 12.8. The van der Waals surface area contributed by atoms with Gasteiger partial charge in [0.25, 0.3) is 0 Å². The number of aliphatic hydroxyl groups is 1. The monoisotopic (exact) mass is 295 g/mol. The van der Waals surface area contributed by atoms with Crippen LogP contribution in [-0.4, -0.2) is 39.7 Å². The fraction of sp³-hybridized carbons (Fsp3) is 0.389. The number of imidazole rings is 1. The molecular formula is C18H21N3O. The lowest BCUT2D eigenvalue weighted by atomic mass is 9.74. The minimum Gasteiger partial charge on any atom is -0.377 e. The average molecular weight is 295 g/mol. The molecule has 0 radical (unpaired) electrons. The van der Waals surface area contributed by atoms with Crippen LogP contribution in [-0.2, 0) is 5.60 Å². The number of hydrogen-bond acceptors (Lipinski definition) is 3. The summed E-state index contributed by atoms with van der Waals surface area (Å²) in [5, 5.41) is 11.8. The standard InChI is InChI=1S/C18H21N3O/c1-20-10-7-15(8-11-20)18(22)16-5-3-2-4-14(16)6-12-21-13-9-19-17(18)21/h2-6,9,12-13,15,22H,7-8,10-11H2,1H3. The molecule has 1 unspecified atom stereocenters. The van der Waals surface area contributed by atoms with Crippen molar-refractivity contribution in [2.24, 2.45) is 5.92 Å². The van der Waals surface area contributed by atoms with Crippen molar-refractivity contribution in [1.29, 1.82) is 0 Å². The van der Waals surface area contributed by atoms with Gasteiger partial charge >= 0.3 is 0 Å². The van der Waals surface area contributed by atoms with E-state index in [1.54, 1.807) is 6.20 Å². The number of piperidine rings is 1. The van der Waals surface area contributed by atoms with Gasteiger partial charge in [-0.2, -0.15) is 0 Å². The fourth-order valence-corrected chi connectivity index (χ4v) is 3.83. The number of nitrogens with zero attached hydrogens (tertiary/aromatic N) is 3. The second-order valence-corrected chi connectivity index (χ2v) is 6.41. The summed E-state index contributed by atoms with van der Waals surface area (Å²) in [7, 11) is 2.14. The topological polar surface area (TPSA) is 41.3 Å². The van der Waals surface area contributed by atoms with E-state index in [0.717, 1.165) is 42.9 Å². The molecular weight excluding hydrogens is 274 g/mol. The van der Waals surface area contributed by atoms with Crippen LogP contribution >= 0.6 is 0 Å². The molecule has 0 bridgehead atoms. The number of rotatable bonds is 1. The van der Waals surface area contributed by atoms with Crippen molar-refractivity contribution in [3.63, 3.8) is 0 Å². The van der Waals surface area contributed by atoms with Crippen LogP contribution in [0, 0.1) is 5.92 Å². The predicted molar refractivity (Wildman–Crippen MR) is 87.1 cm³/mol. The molecule has 1 aromatic heterocycles. The van der Waals surface area contributed by atoms with Crippen LogP contribution in [0.2, 0.25) is 0 Å². The van der Waals surface area contributed by atoms with Crippen LogP contribution in [0.25, 0.3) is 12.3 Å². The summed E-state index contributed by atoms with van der Waals surface area (Å²) in [4.78, 5) is 6.84. The normalized spacial score (nSPS) is 25.5. The van der Waals surface area contributed by atoms with E-state index >= 15 is 0 Å². The average Bonchev–Trinajstić information content (AvgIpc) is 2.98. The molecule has 4 rings (SSSR count). The predicted octanol–water partition coefficient (Wildman–Crippen LogP) is 2.40. The van der Waals surface area contributed by atoms with E-state index in [9.17, 15) is 5.11 Å². The maximum atomic E-state index is 11.8. The Morgan fingerprint density at radius 1 is 1.23 bits per heavy atom. The Morgan fingerprint density at radius 3 is 2.82 bits per heavy atom. The maximum Gasteiger partial charge on any atom is 0.151 e. The van der Waals surface area contributed by atoms with Gasteiger partial charge in [0, 0.05) is 24.5 Å². The molecule has 0 saturated carbocycles. The molecule has 4 heteroatoms. The van der Waals surface area contributed by atoms with Gasteiger partial charge in [-0.15, -0.1) is 0 Å². The van der Waals surface area contributed by atoms with Crippen molar-refractivity contribution in [2.45, 2.75) is 18.4 Å². The van der Waals surface area contributed by atoms with Crippen molar-refractivity contribution in [3.8, 4) is 0 Å². The van der Waals surface area contributed by atoms with E-state index in [-0.39, 0.29) is 5.92 Å². The molecule has 2 aromatic rings. The molecule has 0 amide bonds. The molecule has 1 atom stereocenters. The molecule has 2 aliphatic rings. The first-order chi connectivity index (χ1) is 10.7. The highest BCUT2D eigenvalue weighted by atomic mass is 16.3. The minimum atomic E-state index is -1.02. The Bertz CT molecular complexity index is 713. The molecule has 1 aromatic carbocycles. The Balaban J connectivity index is 1.89. The van der Waals surface area contributed by atoms with Crippen molar-refractivity contribution in [1.82, 2.24) is 14.5 Å². The first-order valence-electron chi connectivity index (χ1n) is 7.91. The molecule has 2 aliphatic heterocycles. The van der Waals surface area contributed by atoms with E-state index in [0.29, 0.717) is 0 Å². The van der Waals surface area contributed by atoms with Crippen LogP contribution in [0.15, 0.2) is 36.7 Å². The van der Waals surface area contributed by atoms with Gasteiger partial charge in [-0.05, 0) is 50.2 Å². The number of hydrogen-bond donors (Lipinski definition) is 1. The molecule has 22 heavy (non-hydrogen) atoms. The van der Waals surface area contributed by atoms with Gasteiger partial charge in [0.2, 0.25) is 0 Å². The first kappa shape index (κ1) is 13.7. The third kappa shape index (κ3) is 1.95. The second-order valence-electron chi connectivity index (χ2n) is 6.41. The zero-order valence-electron chi connectivity index (χ0n) is 12.8. The van der Waals surface area contributed by atoms with E-state index < -0.39 is 5.60 Å². The lowest BCUT2D eigenvalue weighted by Crippen LogP contribution is -2.44. The summed E-state index contributed by atoms with van der Waals surface area (Å²) in [6.07, 6.45) is 9.70. The molecule has 114 valence electrons. The summed E-state index contributed by atoms with van der Waals surface area (Å²) < 4.78 is 1.96. The highest BCUT2D eigenvalue weighted by Crippen LogP contribution is 2.43. The Morgan fingerprint density at radius 2 is 2.00 bits per heavy atom.